The molecule has 0 fully saturated rings. The summed E-state index contributed by atoms with van der Waals surface area (Å²) >= 11 is 0. The van der Waals surface area contributed by atoms with E-state index in [0.717, 1.165) is 0 Å². The predicted octanol–water partition coefficient (Wildman–Crippen LogP) is -1.04. The van der Waals surface area contributed by atoms with Crippen molar-refractivity contribution in [1.29, 1.82) is 0 Å². The highest BCUT2D eigenvalue weighted by atomic mass is 32.3. The first kappa shape index (κ1) is 10.2. The zero-order valence-corrected chi connectivity index (χ0v) is 6.15. The Hall–Kier alpha value is -0.790. The van der Waals surface area contributed by atoms with E-state index in [-0.39, 0.29) is 6.29 Å². The second kappa shape index (κ2) is 4.16. The smallest absolute Gasteiger partial charge is 0.303 e. The van der Waals surface area contributed by atoms with E-state index in [0.29, 0.717) is 6.29 Å². The van der Waals surface area contributed by atoms with Gasteiger partial charge in [-0.15, -0.1) is 0 Å². The molecule has 1 N–H and O–H groups in total. The second-order valence-corrected chi connectivity index (χ2v) is 2.65. The number of hydrogen-bond acceptors (Lipinski definition) is 5. The summed E-state index contributed by atoms with van der Waals surface area (Å²) in [6.07, 6.45) is -1.40. The van der Waals surface area contributed by atoms with Crippen molar-refractivity contribution >= 4 is 23.0 Å². The quantitative estimate of drug-likeness (QED) is 0.431. The first-order valence-electron chi connectivity index (χ1n) is 2.54. The maximum atomic E-state index is 9.93. The molecule has 0 saturated heterocycles. The van der Waals surface area contributed by atoms with E-state index in [9.17, 15) is 18.0 Å². The molecule has 6 nitrogen and oxygen atoms in total. The zero-order valence-electron chi connectivity index (χ0n) is 5.34. The summed E-state index contributed by atoms with van der Waals surface area (Å²) < 4.78 is 31.6. The Bertz CT molecular complexity index is 229. The van der Waals surface area contributed by atoms with Gasteiger partial charge in [0.25, 0.3) is 0 Å². The Morgan fingerprint density at radius 1 is 1.45 bits per heavy atom. The molecular weight excluding hydrogens is 176 g/mol. The van der Waals surface area contributed by atoms with Gasteiger partial charge < -0.3 is 9.59 Å². The monoisotopic (exact) mass is 182 g/mol. The summed E-state index contributed by atoms with van der Waals surface area (Å²) in [5.74, 6) is 0. The molecule has 0 rings (SSSR count). The number of rotatable bonds is 5. The van der Waals surface area contributed by atoms with Crippen LogP contribution in [-0.4, -0.2) is 31.6 Å². The van der Waals surface area contributed by atoms with Crippen LogP contribution in [0.1, 0.15) is 6.42 Å². The number of carbonyl (C=O) groups excluding carboxylic acids is 2. The average molecular weight is 182 g/mol. The van der Waals surface area contributed by atoms with Crippen molar-refractivity contribution in [3.8, 4) is 0 Å². The Kier molecular flexibility index (Phi) is 3.86. The van der Waals surface area contributed by atoms with Gasteiger partial charge in [0.2, 0.25) is 0 Å². The fraction of sp³-hybridized carbons (Fsp3) is 0.500. The molecule has 0 aliphatic carbocycles. The van der Waals surface area contributed by atoms with Crippen molar-refractivity contribution in [2.24, 2.45) is 0 Å². The molecule has 0 spiro atoms. The molecule has 0 bridgehead atoms. The first-order chi connectivity index (χ1) is 4.99. The molecule has 0 saturated carbocycles. The van der Waals surface area contributed by atoms with Crippen LogP contribution in [0.5, 0.6) is 0 Å². The SMILES string of the molecule is O=CCC(C=O)OS(=O)(=O)O. The highest BCUT2D eigenvalue weighted by Gasteiger charge is 2.15. The first-order valence-corrected chi connectivity index (χ1v) is 3.90. The van der Waals surface area contributed by atoms with E-state index in [1.54, 1.807) is 0 Å². The highest BCUT2D eigenvalue weighted by molar-refractivity contribution is 7.80. The van der Waals surface area contributed by atoms with Crippen molar-refractivity contribution < 1.29 is 26.7 Å². The van der Waals surface area contributed by atoms with Gasteiger partial charge in [-0.2, -0.15) is 8.42 Å². The normalized spacial score (nSPS) is 13.9. The maximum Gasteiger partial charge on any atom is 0.398 e. The second-order valence-electron chi connectivity index (χ2n) is 1.60. The van der Waals surface area contributed by atoms with Crippen LogP contribution in [-0.2, 0) is 24.2 Å². The Morgan fingerprint density at radius 2 is 2.00 bits per heavy atom. The van der Waals surface area contributed by atoms with Crippen LogP contribution < -0.4 is 0 Å². The zero-order chi connectivity index (χ0) is 8.91. The van der Waals surface area contributed by atoms with Crippen molar-refractivity contribution in [3.63, 3.8) is 0 Å². The molecular formula is C4H6O6S. The molecule has 7 heteroatoms. The third kappa shape index (κ3) is 5.64. The molecule has 64 valence electrons. The van der Waals surface area contributed by atoms with Gasteiger partial charge in [0.1, 0.15) is 12.4 Å². The Labute approximate surface area is 63.1 Å². The van der Waals surface area contributed by atoms with Crippen LogP contribution in [0, 0.1) is 0 Å². The Morgan fingerprint density at radius 3 is 2.27 bits per heavy atom. The predicted molar refractivity (Wildman–Crippen MR) is 33.2 cm³/mol. The molecule has 0 amide bonds. The molecule has 0 aliphatic heterocycles. The lowest BCUT2D eigenvalue weighted by Gasteiger charge is -2.02. The summed E-state index contributed by atoms with van der Waals surface area (Å²) in [5.41, 5.74) is 0. The van der Waals surface area contributed by atoms with Crippen LogP contribution >= 0.6 is 0 Å². The summed E-state index contributed by atoms with van der Waals surface area (Å²) in [5, 5.41) is 0. The summed E-state index contributed by atoms with van der Waals surface area (Å²) in [4.78, 5) is 19.7. The van der Waals surface area contributed by atoms with E-state index in [1.165, 1.54) is 0 Å². The molecule has 0 aromatic rings. The largest absolute Gasteiger partial charge is 0.398 e. The van der Waals surface area contributed by atoms with Crippen LogP contribution in [0.4, 0.5) is 0 Å². The lowest BCUT2D eigenvalue weighted by molar-refractivity contribution is -0.118. The standard InChI is InChI=1S/C4H6O6S/c5-2-1-4(3-6)10-11(7,8)9/h2-4H,1H2,(H,7,8,9). The molecule has 1 atom stereocenters. The molecule has 11 heavy (non-hydrogen) atoms. The van der Waals surface area contributed by atoms with Crippen molar-refractivity contribution in [1.82, 2.24) is 0 Å². The lowest BCUT2D eigenvalue weighted by atomic mass is 10.3. The van der Waals surface area contributed by atoms with E-state index in [1.807, 2.05) is 0 Å². The van der Waals surface area contributed by atoms with Crippen LogP contribution in [0.3, 0.4) is 0 Å². The number of aldehydes is 2. The Balaban J connectivity index is 4.08. The minimum atomic E-state index is -4.65. The topological polar surface area (TPSA) is 97.7 Å². The maximum absolute atomic E-state index is 9.93. The van der Waals surface area contributed by atoms with Gasteiger partial charge in [-0.1, -0.05) is 0 Å². The van der Waals surface area contributed by atoms with Gasteiger partial charge in [0.05, 0.1) is 0 Å². The van der Waals surface area contributed by atoms with Crippen molar-refractivity contribution in [3.05, 3.63) is 0 Å². The number of carbonyl (C=O) groups is 2. The van der Waals surface area contributed by atoms with Gasteiger partial charge in [0.15, 0.2) is 6.29 Å². The van der Waals surface area contributed by atoms with Crippen molar-refractivity contribution in [2.75, 3.05) is 0 Å². The minimum Gasteiger partial charge on any atom is -0.303 e. The van der Waals surface area contributed by atoms with Gasteiger partial charge in [-0.3, -0.25) is 4.55 Å². The van der Waals surface area contributed by atoms with Crippen LogP contribution in [0.2, 0.25) is 0 Å². The van der Waals surface area contributed by atoms with Gasteiger partial charge in [0, 0.05) is 6.42 Å². The van der Waals surface area contributed by atoms with E-state index >= 15 is 0 Å². The summed E-state index contributed by atoms with van der Waals surface area (Å²) in [7, 11) is -4.65. The fourth-order valence-electron chi connectivity index (χ4n) is 0.369. The van der Waals surface area contributed by atoms with E-state index in [4.69, 9.17) is 4.55 Å². The average Bonchev–Trinajstić information content (AvgIpc) is 1.84. The van der Waals surface area contributed by atoms with Crippen LogP contribution in [0.25, 0.3) is 0 Å². The summed E-state index contributed by atoms with van der Waals surface area (Å²) in [6.45, 7) is 0. The molecule has 1 unspecified atom stereocenters. The minimum absolute atomic E-state index is 0.113. The van der Waals surface area contributed by atoms with Gasteiger partial charge in [-0.25, -0.2) is 4.18 Å². The molecule has 0 radical (unpaired) electrons. The van der Waals surface area contributed by atoms with Crippen LogP contribution in [0.15, 0.2) is 0 Å². The molecule has 0 heterocycles. The summed E-state index contributed by atoms with van der Waals surface area (Å²) in [6, 6.07) is 0. The van der Waals surface area contributed by atoms with Crippen molar-refractivity contribution in [2.45, 2.75) is 12.5 Å². The third-order valence-corrected chi connectivity index (χ3v) is 1.22. The molecule has 0 aromatic heterocycles. The van der Waals surface area contributed by atoms with Gasteiger partial charge in [-0.05, 0) is 0 Å². The lowest BCUT2D eigenvalue weighted by Crippen LogP contribution is -2.19. The highest BCUT2D eigenvalue weighted by Crippen LogP contribution is 1.96. The van der Waals surface area contributed by atoms with Gasteiger partial charge >= 0.3 is 10.4 Å². The molecule has 0 aromatic carbocycles. The fourth-order valence-corrected chi connectivity index (χ4v) is 0.805. The molecule has 0 aliphatic rings. The van der Waals surface area contributed by atoms with E-state index < -0.39 is 22.9 Å². The number of hydrogen-bond donors (Lipinski definition) is 1. The van der Waals surface area contributed by atoms with E-state index in [2.05, 4.69) is 4.18 Å². The third-order valence-electron chi connectivity index (χ3n) is 0.726.